The van der Waals surface area contributed by atoms with Crippen LogP contribution in [-0.2, 0) is 10.0 Å². The number of hydrogen-bond donors (Lipinski definition) is 2. The molecule has 1 aliphatic rings. The van der Waals surface area contributed by atoms with Gasteiger partial charge in [-0.25, -0.2) is 13.1 Å². The monoisotopic (exact) mass is 229 g/mol. The fraction of sp³-hybridized carbons (Fsp3) is 0.667. The highest BCUT2D eigenvalue weighted by atomic mass is 32.2. The van der Waals surface area contributed by atoms with E-state index in [-0.39, 0.29) is 10.9 Å². The van der Waals surface area contributed by atoms with Crippen LogP contribution in [0.15, 0.2) is 11.1 Å². The summed E-state index contributed by atoms with van der Waals surface area (Å²) in [6.07, 6.45) is 5.45. The predicted molar refractivity (Wildman–Crippen MR) is 55.9 cm³/mol. The fourth-order valence-electron chi connectivity index (χ4n) is 1.94. The molecule has 1 fully saturated rings. The van der Waals surface area contributed by atoms with Gasteiger partial charge >= 0.3 is 0 Å². The molecule has 0 radical (unpaired) electrons. The molecule has 0 atom stereocenters. The van der Waals surface area contributed by atoms with Crippen molar-refractivity contribution in [1.82, 2.24) is 14.9 Å². The second kappa shape index (κ2) is 3.94. The second-order valence-corrected chi connectivity index (χ2v) is 5.64. The minimum Gasteiger partial charge on any atom is -0.281 e. The van der Waals surface area contributed by atoms with Gasteiger partial charge in [-0.15, -0.1) is 0 Å². The van der Waals surface area contributed by atoms with E-state index in [0.29, 0.717) is 5.69 Å². The standard InChI is InChI=1S/C9H15N3O2S/c1-7-9(6-10-11-7)15(13,14)12-8-4-2-3-5-8/h6,8,12H,2-5H2,1H3,(H,10,11). The zero-order valence-electron chi connectivity index (χ0n) is 8.66. The third-order valence-electron chi connectivity index (χ3n) is 2.75. The molecule has 0 spiro atoms. The molecule has 1 saturated carbocycles. The highest BCUT2D eigenvalue weighted by Gasteiger charge is 2.24. The minimum absolute atomic E-state index is 0.101. The number of H-pyrrole nitrogens is 1. The van der Waals surface area contributed by atoms with Gasteiger partial charge in [0, 0.05) is 6.04 Å². The van der Waals surface area contributed by atoms with Crippen LogP contribution in [0.25, 0.3) is 0 Å². The smallest absolute Gasteiger partial charge is 0.244 e. The van der Waals surface area contributed by atoms with E-state index in [2.05, 4.69) is 14.9 Å². The largest absolute Gasteiger partial charge is 0.281 e. The van der Waals surface area contributed by atoms with Gasteiger partial charge in [0.05, 0.1) is 11.9 Å². The predicted octanol–water partition coefficient (Wildman–Crippen LogP) is 0.939. The van der Waals surface area contributed by atoms with E-state index < -0.39 is 10.0 Å². The Kier molecular flexibility index (Phi) is 2.79. The molecular weight excluding hydrogens is 214 g/mol. The Hall–Kier alpha value is -0.880. The normalized spacial score (nSPS) is 18.5. The Morgan fingerprint density at radius 3 is 2.67 bits per heavy atom. The Morgan fingerprint density at radius 2 is 2.13 bits per heavy atom. The molecular formula is C9H15N3O2S. The molecule has 6 heteroatoms. The second-order valence-electron chi connectivity index (χ2n) is 3.96. The summed E-state index contributed by atoms with van der Waals surface area (Å²) >= 11 is 0. The first-order valence-corrected chi connectivity index (χ1v) is 6.60. The summed E-state index contributed by atoms with van der Waals surface area (Å²) in [5.41, 5.74) is 0.584. The summed E-state index contributed by atoms with van der Waals surface area (Å²) in [4.78, 5) is 0.259. The molecule has 1 aromatic heterocycles. The average Bonchev–Trinajstić information content (AvgIpc) is 2.75. The highest BCUT2D eigenvalue weighted by molar-refractivity contribution is 7.89. The maximum Gasteiger partial charge on any atom is 0.244 e. The summed E-state index contributed by atoms with van der Waals surface area (Å²) in [7, 11) is -3.37. The van der Waals surface area contributed by atoms with Crippen molar-refractivity contribution in [3.8, 4) is 0 Å². The molecule has 0 unspecified atom stereocenters. The lowest BCUT2D eigenvalue weighted by atomic mass is 10.3. The van der Waals surface area contributed by atoms with E-state index in [1.165, 1.54) is 6.20 Å². The van der Waals surface area contributed by atoms with Gasteiger partial charge in [0.25, 0.3) is 0 Å². The van der Waals surface area contributed by atoms with Crippen molar-refractivity contribution >= 4 is 10.0 Å². The van der Waals surface area contributed by atoms with Crippen LogP contribution in [0.4, 0.5) is 0 Å². The Morgan fingerprint density at radius 1 is 1.47 bits per heavy atom. The number of nitrogens with one attached hydrogen (secondary N) is 2. The molecule has 1 aliphatic carbocycles. The van der Waals surface area contributed by atoms with Crippen molar-refractivity contribution in [2.24, 2.45) is 0 Å². The van der Waals surface area contributed by atoms with Gasteiger partial charge in [-0.2, -0.15) is 5.10 Å². The number of rotatable bonds is 3. The Balaban J connectivity index is 2.16. The first-order valence-electron chi connectivity index (χ1n) is 5.12. The van der Waals surface area contributed by atoms with Crippen LogP contribution in [0.3, 0.4) is 0 Å². The Labute approximate surface area is 89.3 Å². The van der Waals surface area contributed by atoms with Crippen molar-refractivity contribution in [3.63, 3.8) is 0 Å². The molecule has 2 rings (SSSR count). The number of aryl methyl sites for hydroxylation is 1. The average molecular weight is 229 g/mol. The third kappa shape index (κ3) is 2.21. The van der Waals surface area contributed by atoms with E-state index >= 15 is 0 Å². The van der Waals surface area contributed by atoms with Crippen LogP contribution in [0.2, 0.25) is 0 Å². The molecule has 0 aliphatic heterocycles. The van der Waals surface area contributed by atoms with Gasteiger partial charge in [0.1, 0.15) is 4.90 Å². The zero-order valence-corrected chi connectivity index (χ0v) is 9.47. The maximum atomic E-state index is 11.9. The van der Waals surface area contributed by atoms with Crippen molar-refractivity contribution in [1.29, 1.82) is 0 Å². The Bertz CT molecular complexity index is 432. The number of hydrogen-bond acceptors (Lipinski definition) is 3. The summed E-state index contributed by atoms with van der Waals surface area (Å²) in [5, 5.41) is 6.35. The molecule has 2 N–H and O–H groups in total. The third-order valence-corrected chi connectivity index (χ3v) is 4.38. The number of aromatic nitrogens is 2. The first-order chi connectivity index (χ1) is 7.09. The van der Waals surface area contributed by atoms with Crippen molar-refractivity contribution in [2.75, 3.05) is 0 Å². The van der Waals surface area contributed by atoms with Gasteiger partial charge < -0.3 is 0 Å². The van der Waals surface area contributed by atoms with Gasteiger partial charge in [0.15, 0.2) is 0 Å². The first kappa shape index (κ1) is 10.6. The van der Waals surface area contributed by atoms with E-state index in [1.807, 2.05) is 0 Å². The van der Waals surface area contributed by atoms with Crippen molar-refractivity contribution in [2.45, 2.75) is 43.5 Å². The molecule has 84 valence electrons. The lowest BCUT2D eigenvalue weighted by Crippen LogP contribution is -2.32. The molecule has 1 heterocycles. The quantitative estimate of drug-likeness (QED) is 0.810. The zero-order chi connectivity index (χ0) is 10.9. The molecule has 0 bridgehead atoms. The topological polar surface area (TPSA) is 74.8 Å². The molecule has 5 nitrogen and oxygen atoms in total. The van der Waals surface area contributed by atoms with E-state index in [0.717, 1.165) is 25.7 Å². The number of nitrogens with zero attached hydrogens (tertiary/aromatic N) is 1. The van der Waals surface area contributed by atoms with E-state index in [4.69, 9.17) is 0 Å². The van der Waals surface area contributed by atoms with Gasteiger partial charge in [-0.05, 0) is 19.8 Å². The van der Waals surface area contributed by atoms with Crippen LogP contribution in [0.5, 0.6) is 0 Å². The summed E-state index contributed by atoms with van der Waals surface area (Å²) < 4.78 is 26.5. The molecule has 0 saturated heterocycles. The van der Waals surface area contributed by atoms with E-state index in [9.17, 15) is 8.42 Å². The summed E-state index contributed by atoms with van der Waals surface area (Å²) in [6, 6.07) is 0.101. The van der Waals surface area contributed by atoms with Gasteiger partial charge in [-0.3, -0.25) is 5.10 Å². The molecule has 15 heavy (non-hydrogen) atoms. The summed E-state index contributed by atoms with van der Waals surface area (Å²) in [6.45, 7) is 1.70. The van der Waals surface area contributed by atoms with Gasteiger partial charge in [-0.1, -0.05) is 12.8 Å². The van der Waals surface area contributed by atoms with Crippen LogP contribution in [-0.4, -0.2) is 24.7 Å². The fourth-order valence-corrected chi connectivity index (χ4v) is 3.38. The SMILES string of the molecule is Cc1[nH]ncc1S(=O)(=O)NC1CCCC1. The number of aromatic amines is 1. The van der Waals surface area contributed by atoms with Crippen LogP contribution < -0.4 is 4.72 Å². The minimum atomic E-state index is -3.37. The van der Waals surface area contributed by atoms with Crippen LogP contribution in [0.1, 0.15) is 31.4 Å². The maximum absolute atomic E-state index is 11.9. The number of sulfonamides is 1. The van der Waals surface area contributed by atoms with Gasteiger partial charge in [0.2, 0.25) is 10.0 Å². The lowest BCUT2D eigenvalue weighted by Gasteiger charge is -2.11. The highest BCUT2D eigenvalue weighted by Crippen LogP contribution is 2.20. The van der Waals surface area contributed by atoms with E-state index in [1.54, 1.807) is 6.92 Å². The van der Waals surface area contributed by atoms with Crippen LogP contribution in [0, 0.1) is 6.92 Å². The van der Waals surface area contributed by atoms with Crippen molar-refractivity contribution in [3.05, 3.63) is 11.9 Å². The van der Waals surface area contributed by atoms with Crippen LogP contribution >= 0.6 is 0 Å². The van der Waals surface area contributed by atoms with Crippen molar-refractivity contribution < 1.29 is 8.42 Å². The molecule has 0 amide bonds. The molecule has 0 aromatic carbocycles. The molecule has 1 aromatic rings. The lowest BCUT2D eigenvalue weighted by molar-refractivity contribution is 0.552. The summed E-state index contributed by atoms with van der Waals surface area (Å²) in [5.74, 6) is 0.